The fourth-order valence-corrected chi connectivity index (χ4v) is 9.80. The molecule has 6 aromatic carbocycles. The summed E-state index contributed by atoms with van der Waals surface area (Å²) in [6.07, 6.45) is 1.28. The molecule has 0 heterocycles. The summed E-state index contributed by atoms with van der Waals surface area (Å²) >= 11 is 0. The molecule has 0 aromatic heterocycles. The zero-order chi connectivity index (χ0) is 49.1. The van der Waals surface area contributed by atoms with Crippen LogP contribution in [0.15, 0.2) is 186 Å². The van der Waals surface area contributed by atoms with Gasteiger partial charge in [0.25, 0.3) is 0 Å². The molecule has 12 nitrogen and oxygen atoms in total. The van der Waals surface area contributed by atoms with E-state index in [4.69, 9.17) is 18.9 Å². The van der Waals surface area contributed by atoms with Gasteiger partial charge >= 0.3 is 31.3 Å². The number of benzene rings is 6. The maximum Gasteiger partial charge on any atom is 0.524 e. The molecule has 67 heavy (non-hydrogen) atoms. The van der Waals surface area contributed by atoms with Gasteiger partial charge in [-0.15, -0.1) is 3.63 Å². The summed E-state index contributed by atoms with van der Waals surface area (Å²) < 4.78 is 167. The monoisotopic (exact) mass is 1020 g/mol. The first kappa shape index (κ1) is 57.5. The van der Waals surface area contributed by atoms with Crippen LogP contribution in [0.4, 0.5) is 26.3 Å². The van der Waals surface area contributed by atoms with E-state index in [1.807, 2.05) is 155 Å². The molecule has 0 aliphatic heterocycles. The molecule has 22 heteroatoms. The van der Waals surface area contributed by atoms with Gasteiger partial charge in [0, 0.05) is 30.3 Å². The molecule has 6 rings (SSSR count). The quantitative estimate of drug-likeness (QED) is 0.0440. The Morgan fingerprint density at radius 3 is 1.03 bits per heavy atom. The summed E-state index contributed by atoms with van der Waals surface area (Å²) in [7, 11) is -15.2. The number of hydrogen-bond donors (Lipinski definition) is 0. The minimum absolute atomic E-state index is 0. The zero-order valence-electron chi connectivity index (χ0n) is 35.0. The molecule has 0 atom stereocenters. The van der Waals surface area contributed by atoms with Crippen molar-refractivity contribution in [2.75, 3.05) is 34.1 Å². The Kier molecular flexibility index (Phi) is 22.4. The fraction of sp³-hybridized carbons (Fsp3) is 0.200. The van der Waals surface area contributed by atoms with E-state index in [2.05, 4.69) is 0 Å². The first-order valence-electron chi connectivity index (χ1n) is 18.6. The van der Waals surface area contributed by atoms with E-state index in [0.717, 1.165) is 15.5 Å². The molecule has 0 unspecified atom stereocenters. The highest BCUT2D eigenvalue weighted by Gasteiger charge is 2.57. The highest BCUT2D eigenvalue weighted by Crippen LogP contribution is 2.44. The third-order valence-corrected chi connectivity index (χ3v) is 14.1. The Bertz CT molecular complexity index is 2590. The van der Waals surface area contributed by atoms with Crippen LogP contribution in [0, 0.1) is 0 Å². The van der Waals surface area contributed by atoms with Crippen molar-refractivity contribution in [2.24, 2.45) is 0 Å². The van der Waals surface area contributed by atoms with Gasteiger partial charge in [-0.2, -0.15) is 43.2 Å². The molecule has 0 spiro atoms. The molecule has 0 saturated heterocycles. The Balaban J connectivity index is 0.000000329. The lowest BCUT2D eigenvalue weighted by atomic mass is 9.84. The minimum Gasteiger partial charge on any atom is -0.468 e. The van der Waals surface area contributed by atoms with E-state index in [0.29, 0.717) is 29.2 Å². The predicted octanol–water partition coefficient (Wildman–Crippen LogP) is 9.87. The normalized spacial score (nSPS) is 11.8. The fourth-order valence-electron chi connectivity index (χ4n) is 5.46. The number of para-hydroxylation sites is 1. The number of rotatable bonds is 14. The number of sulfone groups is 1. The number of alkyl halides is 6. The van der Waals surface area contributed by atoms with Gasteiger partial charge in [0.2, 0.25) is 0 Å². The third-order valence-electron chi connectivity index (χ3n) is 8.27. The summed E-state index contributed by atoms with van der Waals surface area (Å²) in [4.78, 5) is 1.69. The van der Waals surface area contributed by atoms with E-state index in [1.165, 1.54) is 6.26 Å². The number of ether oxygens (including phenoxy) is 4. The summed E-state index contributed by atoms with van der Waals surface area (Å²) in [6.45, 7) is 0.442. The van der Waals surface area contributed by atoms with Crippen molar-refractivity contribution >= 4 is 40.9 Å². The van der Waals surface area contributed by atoms with E-state index in [1.54, 1.807) is 38.5 Å². The van der Waals surface area contributed by atoms with Crippen LogP contribution < -0.4 is 9.47 Å². The van der Waals surface area contributed by atoms with Crippen molar-refractivity contribution < 1.29 is 78.4 Å². The Labute approximate surface area is 388 Å². The molecule has 0 radical (unpaired) electrons. The Hall–Kier alpha value is -5.62. The van der Waals surface area contributed by atoms with Crippen LogP contribution in [0.25, 0.3) is 0 Å². The van der Waals surface area contributed by atoms with Crippen molar-refractivity contribution in [3.63, 3.8) is 0 Å². The summed E-state index contributed by atoms with van der Waals surface area (Å²) in [6, 6.07) is 54.2. The number of hydrogen-bond acceptors (Lipinski definition) is 12. The second-order valence-electron chi connectivity index (χ2n) is 12.9. The summed E-state index contributed by atoms with van der Waals surface area (Å²) in [5.74, 6) is 1.45. The van der Waals surface area contributed by atoms with Gasteiger partial charge in [-0.25, -0.2) is 12.6 Å². The summed E-state index contributed by atoms with van der Waals surface area (Å²) in [5.41, 5.74) is -10.5. The van der Waals surface area contributed by atoms with Crippen molar-refractivity contribution in [2.45, 2.75) is 33.0 Å². The molecule has 6 aromatic rings. The number of methoxy groups -OCH3 is 2. The Morgan fingerprint density at radius 2 is 0.731 bits per heavy atom. The van der Waals surface area contributed by atoms with Crippen LogP contribution in [0.2, 0.25) is 0 Å². The molecule has 0 aliphatic rings. The third kappa shape index (κ3) is 16.6. The molecule has 0 fully saturated rings. The molecule has 0 bridgehead atoms. The SMILES string of the molecule is C.COCOc1ccc(C(c2ccccc2)(c2ccccc2)S(C)(=O)=O)cc1.COCOc1ccccc1.O=S(=O)(OS(=O)(=O)C(F)(F)F)C(F)(F)F.O=S(c1ccccc1)c1ccccc1. The molecule has 0 aliphatic carbocycles. The highest BCUT2D eigenvalue weighted by atomic mass is 32.3. The number of halogens is 6. The zero-order valence-corrected chi connectivity index (χ0v) is 38.2. The average Bonchev–Trinajstić information content (AvgIpc) is 3.29. The van der Waals surface area contributed by atoms with Gasteiger partial charge < -0.3 is 18.9 Å². The van der Waals surface area contributed by atoms with Crippen molar-refractivity contribution in [1.82, 2.24) is 0 Å². The van der Waals surface area contributed by atoms with Gasteiger partial charge in [0.1, 0.15) is 16.2 Å². The second kappa shape index (κ2) is 26.1. The topological polar surface area (TPSA) is 166 Å². The lowest BCUT2D eigenvalue weighted by Gasteiger charge is -2.34. The van der Waals surface area contributed by atoms with E-state index in [-0.39, 0.29) is 14.2 Å². The molecule has 0 amide bonds. The smallest absolute Gasteiger partial charge is 0.468 e. The standard InChI is InChI=1S/C22H22O4S.C12H10OS.C8H10O2.C2F6O5S2.CH4/c1-25-17-26-21-15-13-20(14-16-21)22(27(2,23)24,18-9-5-3-6-10-18)19-11-7-4-8-12-19;13-14(11-7-3-1-4-8-11)12-9-5-2-6-10-12;1-9-7-10-8-5-3-2-4-6-8;3-1(4,5)14(9,10)13-15(11,12)2(6,7)8;/h3-16H,17H2,1-2H3;1-10H;2-6H,7H2,1H3;;1H4. The van der Waals surface area contributed by atoms with Crippen LogP contribution in [0.1, 0.15) is 24.1 Å². The van der Waals surface area contributed by atoms with E-state index >= 15 is 0 Å². The first-order valence-corrected chi connectivity index (χ1v) is 24.4. The average molecular weight is 1020 g/mol. The first-order chi connectivity index (χ1) is 31.0. The molecular formula is C45H46F6O12S4. The molecule has 0 saturated carbocycles. The van der Waals surface area contributed by atoms with Gasteiger partial charge in [0.15, 0.2) is 23.4 Å². The molecule has 0 N–H and O–H groups in total. The van der Waals surface area contributed by atoms with Gasteiger partial charge in [-0.05, 0) is 65.2 Å². The molecule has 364 valence electrons. The van der Waals surface area contributed by atoms with E-state index in [9.17, 15) is 55.8 Å². The minimum atomic E-state index is -6.85. The maximum absolute atomic E-state index is 13.3. The predicted molar refractivity (Wildman–Crippen MR) is 241 cm³/mol. The van der Waals surface area contributed by atoms with Crippen molar-refractivity contribution in [1.29, 1.82) is 0 Å². The van der Waals surface area contributed by atoms with Crippen LogP contribution in [-0.2, 0) is 58.7 Å². The van der Waals surface area contributed by atoms with Gasteiger partial charge in [-0.3, -0.25) is 0 Å². The Morgan fingerprint density at radius 1 is 0.448 bits per heavy atom. The van der Waals surface area contributed by atoms with Crippen LogP contribution in [-0.4, -0.2) is 74.5 Å². The van der Waals surface area contributed by atoms with Crippen LogP contribution >= 0.6 is 0 Å². The lowest BCUT2D eigenvalue weighted by molar-refractivity contribution is -0.0585. The maximum atomic E-state index is 13.3. The van der Waals surface area contributed by atoms with Crippen LogP contribution in [0.5, 0.6) is 11.5 Å². The highest BCUT2D eigenvalue weighted by molar-refractivity contribution is 8.00. The largest absolute Gasteiger partial charge is 0.524 e. The van der Waals surface area contributed by atoms with Gasteiger partial charge in [-0.1, -0.05) is 135 Å². The lowest BCUT2D eigenvalue weighted by Crippen LogP contribution is -2.37. The van der Waals surface area contributed by atoms with Crippen molar-refractivity contribution in [3.8, 4) is 11.5 Å². The van der Waals surface area contributed by atoms with E-state index < -0.39 is 56.6 Å². The van der Waals surface area contributed by atoms with Gasteiger partial charge in [0.05, 0.1) is 10.8 Å². The van der Waals surface area contributed by atoms with Crippen molar-refractivity contribution in [3.05, 3.63) is 193 Å². The second-order valence-corrected chi connectivity index (χ2v) is 19.8. The molecular weight excluding hydrogens is 975 g/mol. The van der Waals surface area contributed by atoms with Crippen LogP contribution in [0.3, 0.4) is 0 Å². The summed E-state index contributed by atoms with van der Waals surface area (Å²) in [5, 5.41) is 0.